The number of aryl methyl sites for hydroxylation is 1. The van der Waals surface area contributed by atoms with Gasteiger partial charge in [-0.3, -0.25) is 4.90 Å². The maximum atomic E-state index is 10.0. The molecule has 0 unspecified atom stereocenters. The zero-order chi connectivity index (χ0) is 19.1. The molecule has 6 heteroatoms. The number of H-pyrrole nitrogens is 1. The van der Waals surface area contributed by atoms with E-state index in [4.69, 9.17) is 4.98 Å². The molecule has 0 spiro atoms. The van der Waals surface area contributed by atoms with Gasteiger partial charge < -0.3 is 14.7 Å². The summed E-state index contributed by atoms with van der Waals surface area (Å²) in [7, 11) is 0. The quantitative estimate of drug-likeness (QED) is 0.573. The van der Waals surface area contributed by atoms with E-state index in [1.54, 1.807) is 12.4 Å². The number of aromatic hydroxyl groups is 1. The van der Waals surface area contributed by atoms with Gasteiger partial charge in [0.15, 0.2) is 0 Å². The molecular weight excluding hydrogens is 350 g/mol. The Bertz CT molecular complexity index is 1130. The molecule has 6 nitrogen and oxygen atoms in total. The molecule has 0 bridgehead atoms. The minimum absolute atomic E-state index is 0.00721. The number of hydrogen-bond donors (Lipinski definition) is 2. The first kappa shape index (κ1) is 17.0. The van der Waals surface area contributed by atoms with E-state index in [0.29, 0.717) is 0 Å². The Morgan fingerprint density at radius 1 is 1.18 bits per heavy atom. The van der Waals surface area contributed by atoms with Crippen LogP contribution in [0, 0.1) is 0 Å². The van der Waals surface area contributed by atoms with Gasteiger partial charge in [0, 0.05) is 25.2 Å². The lowest BCUT2D eigenvalue weighted by molar-refractivity contribution is 0.193. The van der Waals surface area contributed by atoms with Gasteiger partial charge in [0.2, 0.25) is 0 Å². The van der Waals surface area contributed by atoms with Gasteiger partial charge in [0.1, 0.15) is 11.6 Å². The minimum atomic E-state index is -0.00721. The Kier molecular flexibility index (Phi) is 4.13. The van der Waals surface area contributed by atoms with Crippen LogP contribution in [-0.2, 0) is 19.5 Å². The van der Waals surface area contributed by atoms with Crippen LogP contribution in [0.15, 0.2) is 54.9 Å². The first-order valence-electron chi connectivity index (χ1n) is 9.74. The van der Waals surface area contributed by atoms with Crippen molar-refractivity contribution in [3.8, 4) is 5.75 Å². The predicted octanol–water partition coefficient (Wildman–Crippen LogP) is 3.63. The van der Waals surface area contributed by atoms with Crippen molar-refractivity contribution in [2.75, 3.05) is 6.54 Å². The van der Waals surface area contributed by atoms with Crippen molar-refractivity contribution in [3.63, 3.8) is 0 Å². The molecule has 0 fully saturated rings. The summed E-state index contributed by atoms with van der Waals surface area (Å²) in [5.41, 5.74) is 5.47. The highest BCUT2D eigenvalue weighted by Crippen LogP contribution is 2.35. The lowest BCUT2D eigenvalue weighted by Gasteiger charge is -2.35. The summed E-state index contributed by atoms with van der Waals surface area (Å²) in [5, 5.41) is 10.0. The summed E-state index contributed by atoms with van der Waals surface area (Å²) in [6, 6.07) is 15.8. The topological polar surface area (TPSA) is 70.0 Å². The van der Waals surface area contributed by atoms with E-state index in [2.05, 4.69) is 50.6 Å². The molecule has 28 heavy (non-hydrogen) atoms. The third-order valence-corrected chi connectivity index (χ3v) is 5.61. The number of rotatable bonds is 4. The van der Waals surface area contributed by atoms with E-state index in [1.165, 1.54) is 11.2 Å². The van der Waals surface area contributed by atoms with Crippen LogP contribution in [0.4, 0.5) is 0 Å². The van der Waals surface area contributed by atoms with Gasteiger partial charge in [-0.15, -0.1) is 0 Å². The molecule has 142 valence electrons. The molecule has 0 radical (unpaired) electrons. The summed E-state index contributed by atoms with van der Waals surface area (Å²) >= 11 is 0. The van der Waals surface area contributed by atoms with Crippen LogP contribution in [0.25, 0.3) is 11.0 Å². The van der Waals surface area contributed by atoms with Gasteiger partial charge in [0.05, 0.1) is 35.6 Å². The van der Waals surface area contributed by atoms with E-state index < -0.39 is 0 Å². The molecule has 0 saturated carbocycles. The van der Waals surface area contributed by atoms with Gasteiger partial charge in [-0.1, -0.05) is 24.3 Å². The summed E-state index contributed by atoms with van der Waals surface area (Å²) in [5.74, 6) is 1.34. The van der Waals surface area contributed by atoms with Crippen molar-refractivity contribution < 1.29 is 5.11 Å². The Labute approximate surface area is 163 Å². The average molecular weight is 373 g/mol. The summed E-state index contributed by atoms with van der Waals surface area (Å²) < 4.78 is 2.29. The summed E-state index contributed by atoms with van der Waals surface area (Å²) in [4.78, 5) is 15.2. The fourth-order valence-electron chi connectivity index (χ4n) is 4.34. The zero-order valence-electron chi connectivity index (χ0n) is 15.8. The first-order chi connectivity index (χ1) is 13.7. The van der Waals surface area contributed by atoms with E-state index in [0.717, 1.165) is 48.7 Å². The Hall–Kier alpha value is -3.12. The van der Waals surface area contributed by atoms with Gasteiger partial charge in [-0.05, 0) is 36.8 Å². The SMILES string of the molecule is CCn1c(CN2CCc3[nH]cnc3[C@H]2c2cccc(O)c2)nc2ccccc21. The van der Waals surface area contributed by atoms with Crippen molar-refractivity contribution in [2.45, 2.75) is 32.5 Å². The number of fused-ring (bicyclic) bond motifs is 2. The molecule has 0 saturated heterocycles. The lowest BCUT2D eigenvalue weighted by Crippen LogP contribution is -2.36. The number of nitrogens with one attached hydrogen (secondary N) is 1. The largest absolute Gasteiger partial charge is 0.508 e. The predicted molar refractivity (Wildman–Crippen MR) is 108 cm³/mol. The Morgan fingerprint density at radius 3 is 2.93 bits per heavy atom. The highest BCUT2D eigenvalue weighted by Gasteiger charge is 2.32. The molecule has 1 aliphatic rings. The number of phenolic OH excluding ortho intramolecular Hbond substituents is 1. The number of aromatic nitrogens is 4. The molecule has 3 heterocycles. The first-order valence-corrected chi connectivity index (χ1v) is 9.74. The van der Waals surface area contributed by atoms with Crippen molar-refractivity contribution in [1.82, 2.24) is 24.4 Å². The number of imidazole rings is 2. The second-order valence-electron chi connectivity index (χ2n) is 7.25. The van der Waals surface area contributed by atoms with Gasteiger partial charge in [-0.25, -0.2) is 9.97 Å². The van der Waals surface area contributed by atoms with Crippen LogP contribution in [0.3, 0.4) is 0 Å². The van der Waals surface area contributed by atoms with Gasteiger partial charge in [-0.2, -0.15) is 0 Å². The average Bonchev–Trinajstić information content (AvgIpc) is 3.31. The molecular formula is C22H23N5O. The fraction of sp³-hybridized carbons (Fsp3) is 0.273. The smallest absolute Gasteiger partial charge is 0.124 e. The number of phenols is 1. The van der Waals surface area contributed by atoms with Gasteiger partial charge in [0.25, 0.3) is 0 Å². The molecule has 2 aromatic carbocycles. The van der Waals surface area contributed by atoms with Crippen molar-refractivity contribution >= 4 is 11.0 Å². The van der Waals surface area contributed by atoms with Crippen LogP contribution in [-0.4, -0.2) is 36.1 Å². The number of aromatic amines is 1. The molecule has 0 amide bonds. The van der Waals surface area contributed by atoms with Crippen LogP contribution < -0.4 is 0 Å². The Morgan fingerprint density at radius 2 is 2.07 bits per heavy atom. The van der Waals surface area contributed by atoms with Crippen LogP contribution in [0.5, 0.6) is 5.75 Å². The molecule has 5 rings (SSSR count). The maximum absolute atomic E-state index is 10.0. The maximum Gasteiger partial charge on any atom is 0.124 e. The molecule has 1 aliphatic heterocycles. The zero-order valence-corrected chi connectivity index (χ0v) is 15.8. The number of para-hydroxylation sites is 2. The molecule has 4 aromatic rings. The van der Waals surface area contributed by atoms with E-state index in [-0.39, 0.29) is 11.8 Å². The van der Waals surface area contributed by atoms with Crippen LogP contribution >= 0.6 is 0 Å². The molecule has 2 N–H and O–H groups in total. The second kappa shape index (κ2) is 6.80. The molecule has 0 aliphatic carbocycles. The second-order valence-corrected chi connectivity index (χ2v) is 7.25. The molecule has 1 atom stereocenters. The van der Waals surface area contributed by atoms with Crippen molar-refractivity contribution in [3.05, 3.63) is 77.6 Å². The van der Waals surface area contributed by atoms with Gasteiger partial charge >= 0.3 is 0 Å². The third-order valence-electron chi connectivity index (χ3n) is 5.61. The van der Waals surface area contributed by atoms with Crippen LogP contribution in [0.1, 0.15) is 35.7 Å². The third kappa shape index (κ3) is 2.77. The fourth-order valence-corrected chi connectivity index (χ4v) is 4.34. The summed E-state index contributed by atoms with van der Waals surface area (Å²) in [6.45, 7) is 4.68. The van der Waals surface area contributed by atoms with Crippen LogP contribution in [0.2, 0.25) is 0 Å². The van der Waals surface area contributed by atoms with Crippen molar-refractivity contribution in [1.29, 1.82) is 0 Å². The number of benzene rings is 2. The minimum Gasteiger partial charge on any atom is -0.508 e. The highest BCUT2D eigenvalue weighted by atomic mass is 16.3. The van der Waals surface area contributed by atoms with E-state index in [1.807, 2.05) is 18.2 Å². The monoisotopic (exact) mass is 373 g/mol. The van der Waals surface area contributed by atoms with Crippen molar-refractivity contribution in [2.24, 2.45) is 0 Å². The number of hydrogen-bond acceptors (Lipinski definition) is 4. The van der Waals surface area contributed by atoms with E-state index >= 15 is 0 Å². The molecule has 2 aromatic heterocycles. The standard InChI is InChI=1S/C22H23N5O/c1-2-27-19-9-4-3-8-17(19)25-20(27)13-26-11-10-18-21(24-14-23-18)22(26)15-6-5-7-16(28)12-15/h3-9,12,14,22,28H,2,10-11,13H2,1H3,(H,23,24)/t22-/m1/s1. The number of nitrogens with zero attached hydrogens (tertiary/aromatic N) is 4. The summed E-state index contributed by atoms with van der Waals surface area (Å²) in [6.07, 6.45) is 2.70. The van der Waals surface area contributed by atoms with E-state index in [9.17, 15) is 5.11 Å². The highest BCUT2D eigenvalue weighted by molar-refractivity contribution is 5.75. The normalized spacial score (nSPS) is 17.1. The lowest BCUT2D eigenvalue weighted by atomic mass is 9.95. The Balaban J connectivity index is 1.57.